The number of hydrogen-bond donors (Lipinski definition) is 1. The highest BCUT2D eigenvalue weighted by atomic mass is 35.5. The van der Waals surface area contributed by atoms with Crippen LogP contribution in [0.3, 0.4) is 0 Å². The van der Waals surface area contributed by atoms with Gasteiger partial charge < -0.3 is 9.84 Å². The van der Waals surface area contributed by atoms with Crippen LogP contribution in [0.2, 0.25) is 10.0 Å². The van der Waals surface area contributed by atoms with Crippen LogP contribution in [0, 0.1) is 5.82 Å². The number of aliphatic hydroxyl groups excluding tert-OH is 1. The molecule has 6 heteroatoms. The summed E-state index contributed by atoms with van der Waals surface area (Å²) in [6.07, 6.45) is -1.49. The van der Waals surface area contributed by atoms with Crippen LogP contribution in [0.25, 0.3) is 0 Å². The molecular weight excluding hydrogens is 270 g/mol. The van der Waals surface area contributed by atoms with Gasteiger partial charge in [0.2, 0.25) is 0 Å². The van der Waals surface area contributed by atoms with Crippen molar-refractivity contribution in [2.75, 3.05) is 6.61 Å². The number of rotatable bonds is 4. The van der Waals surface area contributed by atoms with E-state index in [1.54, 1.807) is 6.92 Å². The maximum atomic E-state index is 12.9. The van der Waals surface area contributed by atoms with Crippen LogP contribution in [0.4, 0.5) is 4.39 Å². The predicted molar refractivity (Wildman–Crippen MR) is 62.6 cm³/mol. The number of carbonyl (C=O) groups excluding carboxylic acids is 1. The Bertz CT molecular complexity index is 400. The predicted octanol–water partition coefficient (Wildman–Crippen LogP) is 3.12. The zero-order valence-electron chi connectivity index (χ0n) is 9.04. The number of benzene rings is 1. The first kappa shape index (κ1) is 14.2. The second-order valence-corrected chi connectivity index (χ2v) is 4.12. The van der Waals surface area contributed by atoms with Crippen LogP contribution in [-0.4, -0.2) is 17.7 Å². The minimum absolute atomic E-state index is 0.0215. The van der Waals surface area contributed by atoms with Crippen molar-refractivity contribution < 1.29 is 19.0 Å². The van der Waals surface area contributed by atoms with Gasteiger partial charge in [0, 0.05) is 5.56 Å². The molecule has 1 rings (SSSR count). The molecule has 0 radical (unpaired) electrons. The molecule has 1 N–H and O–H groups in total. The molecule has 0 amide bonds. The summed E-state index contributed by atoms with van der Waals surface area (Å²) in [5.74, 6) is -1.18. The zero-order chi connectivity index (χ0) is 13.0. The van der Waals surface area contributed by atoms with Crippen LogP contribution >= 0.6 is 23.2 Å². The number of esters is 1. The Hall–Kier alpha value is -0.840. The summed E-state index contributed by atoms with van der Waals surface area (Å²) in [7, 11) is 0. The van der Waals surface area contributed by atoms with Crippen molar-refractivity contribution in [3.63, 3.8) is 0 Å². The van der Waals surface area contributed by atoms with Crippen molar-refractivity contribution in [1.29, 1.82) is 0 Å². The van der Waals surface area contributed by atoms with Gasteiger partial charge in [-0.05, 0) is 19.1 Å². The molecule has 1 aromatic carbocycles. The van der Waals surface area contributed by atoms with Gasteiger partial charge in [-0.1, -0.05) is 23.2 Å². The Morgan fingerprint density at radius 1 is 1.47 bits per heavy atom. The SMILES string of the molecule is CCOC(=O)CC(O)c1c(Cl)cc(F)cc1Cl. The van der Waals surface area contributed by atoms with E-state index in [4.69, 9.17) is 23.2 Å². The Kier molecular flexibility index (Phi) is 5.18. The Morgan fingerprint density at radius 2 is 2.00 bits per heavy atom. The maximum Gasteiger partial charge on any atom is 0.308 e. The zero-order valence-corrected chi connectivity index (χ0v) is 10.6. The average Bonchev–Trinajstić information content (AvgIpc) is 2.15. The van der Waals surface area contributed by atoms with Gasteiger partial charge >= 0.3 is 5.97 Å². The first-order valence-electron chi connectivity index (χ1n) is 4.93. The molecule has 1 atom stereocenters. The van der Waals surface area contributed by atoms with Crippen molar-refractivity contribution >= 4 is 29.2 Å². The fourth-order valence-electron chi connectivity index (χ4n) is 1.35. The van der Waals surface area contributed by atoms with Gasteiger partial charge in [0.25, 0.3) is 0 Å². The third kappa shape index (κ3) is 3.84. The van der Waals surface area contributed by atoms with E-state index in [0.717, 1.165) is 12.1 Å². The summed E-state index contributed by atoms with van der Waals surface area (Å²) in [6.45, 7) is 1.87. The molecule has 1 unspecified atom stereocenters. The van der Waals surface area contributed by atoms with E-state index < -0.39 is 17.9 Å². The molecule has 1 aromatic rings. The fraction of sp³-hybridized carbons (Fsp3) is 0.364. The molecule has 0 aliphatic rings. The van der Waals surface area contributed by atoms with Crippen LogP contribution in [0.5, 0.6) is 0 Å². The number of hydrogen-bond acceptors (Lipinski definition) is 3. The fourth-order valence-corrected chi connectivity index (χ4v) is 2.06. The van der Waals surface area contributed by atoms with Gasteiger partial charge in [0.05, 0.1) is 29.2 Å². The van der Waals surface area contributed by atoms with Gasteiger partial charge in [0.1, 0.15) is 5.82 Å². The van der Waals surface area contributed by atoms with E-state index >= 15 is 0 Å². The summed E-state index contributed by atoms with van der Waals surface area (Å²) in [6, 6.07) is 2.05. The molecule has 17 heavy (non-hydrogen) atoms. The summed E-state index contributed by atoms with van der Waals surface area (Å²) < 4.78 is 17.6. The molecule has 0 aliphatic heterocycles. The van der Waals surface area contributed by atoms with Crippen LogP contribution in [0.1, 0.15) is 25.0 Å². The highest BCUT2D eigenvalue weighted by molar-refractivity contribution is 6.36. The molecule has 0 aromatic heterocycles. The summed E-state index contributed by atoms with van der Waals surface area (Å²) in [4.78, 5) is 11.2. The lowest BCUT2D eigenvalue weighted by atomic mass is 10.1. The van der Waals surface area contributed by atoms with Gasteiger partial charge in [-0.2, -0.15) is 0 Å². The minimum atomic E-state index is -1.21. The van der Waals surface area contributed by atoms with E-state index in [-0.39, 0.29) is 28.6 Å². The highest BCUT2D eigenvalue weighted by Gasteiger charge is 2.20. The third-order valence-electron chi connectivity index (χ3n) is 2.04. The van der Waals surface area contributed by atoms with Crippen molar-refractivity contribution in [2.24, 2.45) is 0 Å². The van der Waals surface area contributed by atoms with Gasteiger partial charge in [0.15, 0.2) is 0 Å². The summed E-state index contributed by atoms with van der Waals surface area (Å²) in [5, 5.41) is 9.73. The topological polar surface area (TPSA) is 46.5 Å². The van der Waals surface area contributed by atoms with Crippen molar-refractivity contribution in [1.82, 2.24) is 0 Å². The van der Waals surface area contributed by atoms with Crippen LogP contribution < -0.4 is 0 Å². The molecule has 0 saturated carbocycles. The highest BCUT2D eigenvalue weighted by Crippen LogP contribution is 2.33. The quantitative estimate of drug-likeness (QED) is 0.862. The lowest BCUT2D eigenvalue weighted by Gasteiger charge is -2.13. The Balaban J connectivity index is 2.89. The second kappa shape index (κ2) is 6.19. The van der Waals surface area contributed by atoms with Gasteiger partial charge in [-0.15, -0.1) is 0 Å². The van der Waals surface area contributed by atoms with Crippen LogP contribution in [0.15, 0.2) is 12.1 Å². The van der Waals surface area contributed by atoms with Gasteiger partial charge in [-0.25, -0.2) is 4.39 Å². The number of halogens is 3. The largest absolute Gasteiger partial charge is 0.466 e. The van der Waals surface area contributed by atoms with Crippen molar-refractivity contribution in [3.8, 4) is 0 Å². The maximum absolute atomic E-state index is 12.9. The number of ether oxygens (including phenoxy) is 1. The van der Waals surface area contributed by atoms with E-state index in [1.165, 1.54) is 0 Å². The molecular formula is C11H11Cl2FO3. The third-order valence-corrected chi connectivity index (χ3v) is 2.67. The first-order valence-corrected chi connectivity index (χ1v) is 5.69. The lowest BCUT2D eigenvalue weighted by molar-refractivity contribution is -0.145. The van der Waals surface area contributed by atoms with E-state index in [9.17, 15) is 14.3 Å². The summed E-state index contributed by atoms with van der Waals surface area (Å²) >= 11 is 11.5. The minimum Gasteiger partial charge on any atom is -0.466 e. The summed E-state index contributed by atoms with van der Waals surface area (Å²) in [5.41, 5.74) is 0.128. The molecule has 0 bridgehead atoms. The monoisotopic (exact) mass is 280 g/mol. The van der Waals surface area contributed by atoms with Crippen molar-refractivity contribution in [2.45, 2.75) is 19.4 Å². The first-order chi connectivity index (χ1) is 7.95. The molecule has 0 fully saturated rings. The van der Waals surface area contributed by atoms with Crippen molar-refractivity contribution in [3.05, 3.63) is 33.6 Å². The van der Waals surface area contributed by atoms with Crippen LogP contribution in [-0.2, 0) is 9.53 Å². The lowest BCUT2D eigenvalue weighted by Crippen LogP contribution is -2.11. The molecule has 0 spiro atoms. The Labute approximate surface area is 108 Å². The normalized spacial score (nSPS) is 12.3. The van der Waals surface area contributed by atoms with E-state index in [1.807, 2.05) is 0 Å². The molecule has 0 heterocycles. The molecule has 0 saturated heterocycles. The molecule has 94 valence electrons. The average molecular weight is 281 g/mol. The number of carbonyl (C=O) groups is 1. The van der Waals surface area contributed by atoms with Gasteiger partial charge in [-0.3, -0.25) is 4.79 Å². The van der Waals surface area contributed by atoms with E-state index in [0.29, 0.717) is 0 Å². The van der Waals surface area contributed by atoms with E-state index in [2.05, 4.69) is 4.74 Å². The number of aliphatic hydroxyl groups is 1. The molecule has 0 aliphatic carbocycles. The smallest absolute Gasteiger partial charge is 0.308 e. The molecule has 3 nitrogen and oxygen atoms in total. The standard InChI is InChI=1S/C11H11Cl2FO3/c1-2-17-10(16)5-9(15)11-7(12)3-6(14)4-8(11)13/h3-4,9,15H,2,5H2,1H3. The second-order valence-electron chi connectivity index (χ2n) is 3.31. The Morgan fingerprint density at radius 3 is 2.47 bits per heavy atom.